The molecule has 0 fully saturated rings. The van der Waals surface area contributed by atoms with Crippen molar-refractivity contribution in [2.45, 2.75) is 53.0 Å². The van der Waals surface area contributed by atoms with Crippen LogP contribution in [-0.4, -0.2) is 58.0 Å². The average molecular weight is 578 g/mol. The van der Waals surface area contributed by atoms with Crippen molar-refractivity contribution in [3.63, 3.8) is 0 Å². The summed E-state index contributed by atoms with van der Waals surface area (Å²) in [7, 11) is 3.24. The summed E-state index contributed by atoms with van der Waals surface area (Å²) in [4.78, 5) is 16.1. The zero-order valence-corrected chi connectivity index (χ0v) is 25.8. The first-order chi connectivity index (χ1) is 20.3. The number of hydrogen-bond acceptors (Lipinski definition) is 7. The van der Waals surface area contributed by atoms with Gasteiger partial charge in [-0.15, -0.1) is 0 Å². The lowest BCUT2D eigenvalue weighted by Gasteiger charge is -2.38. The van der Waals surface area contributed by atoms with Crippen molar-refractivity contribution in [1.29, 1.82) is 0 Å². The molecule has 1 heterocycles. The Morgan fingerprint density at radius 3 is 1.95 bits per heavy atom. The molecule has 1 unspecified atom stereocenters. The molecule has 0 saturated heterocycles. The van der Waals surface area contributed by atoms with Crippen LogP contribution in [0.2, 0.25) is 0 Å². The first-order valence-corrected chi connectivity index (χ1v) is 14.7. The average Bonchev–Trinajstić information content (AvgIpc) is 3.00. The van der Waals surface area contributed by atoms with Crippen LogP contribution in [0.3, 0.4) is 0 Å². The van der Waals surface area contributed by atoms with Crippen LogP contribution in [0.4, 0.5) is 0 Å². The van der Waals surface area contributed by atoms with Gasteiger partial charge in [0.1, 0.15) is 12.4 Å². The predicted octanol–water partition coefficient (Wildman–Crippen LogP) is 6.84. The van der Waals surface area contributed by atoms with Gasteiger partial charge in [-0.2, -0.15) is 0 Å². The monoisotopic (exact) mass is 577 g/mol. The SMILES string of the molecule is CCOc1cc(C(=O)N2CCc3cc(OC)c(OC)cc3C2COc2ccc(C(C)C)cc2)cc(OCC)c1OCC. The third kappa shape index (κ3) is 6.69. The van der Waals surface area contributed by atoms with Gasteiger partial charge in [0.25, 0.3) is 5.91 Å². The fraction of sp³-hybridized carbons (Fsp3) is 0.441. The van der Waals surface area contributed by atoms with Gasteiger partial charge in [-0.3, -0.25) is 4.79 Å². The topological polar surface area (TPSA) is 75.7 Å². The lowest BCUT2D eigenvalue weighted by molar-refractivity contribution is 0.0588. The number of hydrogen-bond donors (Lipinski definition) is 0. The summed E-state index contributed by atoms with van der Waals surface area (Å²) in [5.41, 5.74) is 3.76. The molecule has 0 radical (unpaired) electrons. The highest BCUT2D eigenvalue weighted by Crippen LogP contribution is 2.42. The molecule has 226 valence electrons. The van der Waals surface area contributed by atoms with Crippen molar-refractivity contribution in [2.24, 2.45) is 0 Å². The van der Waals surface area contributed by atoms with Gasteiger partial charge in [0, 0.05) is 12.1 Å². The summed E-state index contributed by atoms with van der Waals surface area (Å²) in [5.74, 6) is 3.76. The maximum atomic E-state index is 14.3. The van der Waals surface area contributed by atoms with Gasteiger partial charge in [-0.05, 0) is 86.2 Å². The molecule has 1 atom stereocenters. The number of ether oxygens (including phenoxy) is 6. The highest BCUT2D eigenvalue weighted by Gasteiger charge is 2.34. The van der Waals surface area contributed by atoms with E-state index in [2.05, 4.69) is 26.0 Å². The second kappa shape index (κ2) is 14.2. The van der Waals surface area contributed by atoms with Crippen LogP contribution < -0.4 is 28.4 Å². The molecule has 0 bridgehead atoms. The molecule has 42 heavy (non-hydrogen) atoms. The van der Waals surface area contributed by atoms with Gasteiger partial charge >= 0.3 is 0 Å². The number of methoxy groups -OCH3 is 2. The third-order valence-electron chi connectivity index (χ3n) is 7.37. The molecule has 4 rings (SSSR count). The number of fused-ring (bicyclic) bond motifs is 1. The van der Waals surface area contributed by atoms with E-state index < -0.39 is 0 Å². The molecule has 1 aliphatic heterocycles. The van der Waals surface area contributed by atoms with Gasteiger partial charge in [0.15, 0.2) is 23.0 Å². The van der Waals surface area contributed by atoms with E-state index in [9.17, 15) is 4.79 Å². The highest BCUT2D eigenvalue weighted by atomic mass is 16.5. The second-order valence-electron chi connectivity index (χ2n) is 10.3. The minimum Gasteiger partial charge on any atom is -0.493 e. The molecule has 0 aliphatic carbocycles. The van der Waals surface area contributed by atoms with Crippen molar-refractivity contribution >= 4 is 5.91 Å². The summed E-state index contributed by atoms with van der Waals surface area (Å²) >= 11 is 0. The maximum absolute atomic E-state index is 14.3. The lowest BCUT2D eigenvalue weighted by atomic mass is 9.91. The Bertz CT molecular complexity index is 1330. The third-order valence-corrected chi connectivity index (χ3v) is 7.37. The molecule has 1 amide bonds. The zero-order chi connectivity index (χ0) is 30.2. The van der Waals surface area contributed by atoms with Crippen molar-refractivity contribution in [3.05, 3.63) is 70.8 Å². The number of carbonyl (C=O) groups is 1. The Morgan fingerprint density at radius 1 is 0.810 bits per heavy atom. The fourth-order valence-corrected chi connectivity index (χ4v) is 5.25. The van der Waals surface area contributed by atoms with Crippen LogP contribution in [0, 0.1) is 0 Å². The quantitative estimate of drug-likeness (QED) is 0.220. The van der Waals surface area contributed by atoms with E-state index in [1.165, 1.54) is 5.56 Å². The molecule has 0 N–H and O–H groups in total. The van der Waals surface area contributed by atoms with E-state index in [4.69, 9.17) is 28.4 Å². The van der Waals surface area contributed by atoms with Crippen molar-refractivity contribution in [2.75, 3.05) is 47.2 Å². The molecule has 8 nitrogen and oxygen atoms in total. The largest absolute Gasteiger partial charge is 0.493 e. The molecule has 0 aromatic heterocycles. The number of benzene rings is 3. The van der Waals surface area contributed by atoms with E-state index in [1.807, 2.05) is 49.9 Å². The normalized spacial score (nSPS) is 14.3. The van der Waals surface area contributed by atoms with Crippen LogP contribution in [0.25, 0.3) is 0 Å². The van der Waals surface area contributed by atoms with Gasteiger partial charge < -0.3 is 33.3 Å². The van der Waals surface area contributed by atoms with Crippen LogP contribution >= 0.6 is 0 Å². The molecule has 8 heteroatoms. The second-order valence-corrected chi connectivity index (χ2v) is 10.3. The smallest absolute Gasteiger partial charge is 0.254 e. The van der Waals surface area contributed by atoms with Gasteiger partial charge in [0.05, 0.1) is 40.1 Å². The number of amides is 1. The number of rotatable bonds is 13. The molecule has 0 spiro atoms. The molecule has 3 aromatic rings. The maximum Gasteiger partial charge on any atom is 0.254 e. The summed E-state index contributed by atoms with van der Waals surface area (Å²) in [6.45, 7) is 12.1. The summed E-state index contributed by atoms with van der Waals surface area (Å²) in [5, 5.41) is 0. The first kappa shape index (κ1) is 30.9. The molecule has 0 saturated carbocycles. The minimum atomic E-state index is -0.372. The zero-order valence-electron chi connectivity index (χ0n) is 25.8. The Labute approximate surface area is 249 Å². The van der Waals surface area contributed by atoms with Crippen LogP contribution in [0.5, 0.6) is 34.5 Å². The summed E-state index contributed by atoms with van der Waals surface area (Å²) < 4.78 is 35.2. The first-order valence-electron chi connectivity index (χ1n) is 14.7. The van der Waals surface area contributed by atoms with E-state index >= 15 is 0 Å². The summed E-state index contributed by atoms with van der Waals surface area (Å²) in [6.07, 6.45) is 0.661. The molecular formula is C34H43NO7. The Morgan fingerprint density at radius 2 is 1.40 bits per heavy atom. The van der Waals surface area contributed by atoms with Gasteiger partial charge in [-0.1, -0.05) is 26.0 Å². The standard InChI is InChI=1S/C34H43NO7/c1-8-39-31-18-25(19-32(40-9-2)33(31)41-10-3)34(36)35-16-15-24-17-29(37-6)30(38-7)20-27(24)28(35)21-42-26-13-11-23(12-14-26)22(4)5/h11-14,17-20,22,28H,8-10,15-16,21H2,1-7H3. The molecule has 1 aliphatic rings. The van der Waals surface area contributed by atoms with E-state index in [-0.39, 0.29) is 18.6 Å². The Kier molecular flexibility index (Phi) is 10.4. The van der Waals surface area contributed by atoms with Crippen LogP contribution in [0.15, 0.2) is 48.5 Å². The summed E-state index contributed by atoms with van der Waals surface area (Å²) in [6, 6.07) is 15.2. The predicted molar refractivity (Wildman–Crippen MR) is 163 cm³/mol. The molecule has 3 aromatic carbocycles. The van der Waals surface area contributed by atoms with Crippen LogP contribution in [0.1, 0.15) is 73.6 Å². The van der Waals surface area contributed by atoms with Crippen molar-refractivity contribution in [1.82, 2.24) is 4.90 Å². The van der Waals surface area contributed by atoms with Crippen molar-refractivity contribution < 1.29 is 33.2 Å². The number of nitrogens with zero attached hydrogens (tertiary/aromatic N) is 1. The Hall–Kier alpha value is -4.07. The van der Waals surface area contributed by atoms with Gasteiger partial charge in [0.2, 0.25) is 5.75 Å². The van der Waals surface area contributed by atoms with E-state index in [0.717, 1.165) is 16.9 Å². The lowest BCUT2D eigenvalue weighted by Crippen LogP contribution is -2.42. The fourth-order valence-electron chi connectivity index (χ4n) is 5.25. The van der Waals surface area contributed by atoms with Gasteiger partial charge in [-0.25, -0.2) is 0 Å². The van der Waals surface area contributed by atoms with E-state index in [1.54, 1.807) is 26.4 Å². The van der Waals surface area contributed by atoms with E-state index in [0.29, 0.717) is 73.0 Å². The molecular weight excluding hydrogens is 534 g/mol. The highest BCUT2D eigenvalue weighted by molar-refractivity contribution is 5.96. The Balaban J connectivity index is 1.74. The number of carbonyl (C=O) groups excluding carboxylic acids is 1. The van der Waals surface area contributed by atoms with Crippen LogP contribution in [-0.2, 0) is 6.42 Å². The minimum absolute atomic E-state index is 0.149. The van der Waals surface area contributed by atoms with Crippen molar-refractivity contribution in [3.8, 4) is 34.5 Å².